The molecule has 0 saturated carbocycles. The van der Waals surface area contributed by atoms with Gasteiger partial charge >= 0.3 is 0 Å². The minimum absolute atomic E-state index is 0.172. The third kappa shape index (κ3) is 3.70. The largest absolute Gasteiger partial charge is 0.393 e. The molecule has 2 rings (SSSR count). The van der Waals surface area contributed by atoms with E-state index < -0.39 is 5.92 Å². The number of hydrogen-bond acceptors (Lipinski definition) is 1. The summed E-state index contributed by atoms with van der Waals surface area (Å²) in [6, 6.07) is 9.50. The van der Waals surface area contributed by atoms with E-state index in [0.717, 1.165) is 11.6 Å². The van der Waals surface area contributed by atoms with Gasteiger partial charge in [-0.15, -0.1) is 0 Å². The molecule has 0 bridgehead atoms. The molecule has 100 valence electrons. The minimum Gasteiger partial charge on any atom is -0.393 e. The summed E-state index contributed by atoms with van der Waals surface area (Å²) in [5.41, 5.74) is 7.24. The Balaban J connectivity index is 2.31. The third-order valence-corrected chi connectivity index (χ3v) is 3.31. The Hall–Kier alpha value is -1.55. The molecular weight excluding hydrogens is 264 g/mol. The molecule has 1 atom stereocenters. The second-order valence-electron chi connectivity index (χ2n) is 4.67. The van der Waals surface area contributed by atoms with Crippen LogP contribution in [-0.4, -0.2) is 10.9 Å². The van der Waals surface area contributed by atoms with Crippen LogP contribution in [0.1, 0.15) is 24.3 Å². The number of benzene rings is 1. The van der Waals surface area contributed by atoms with Crippen molar-refractivity contribution in [3.05, 3.63) is 59.7 Å². The Kier molecular flexibility index (Phi) is 4.10. The van der Waals surface area contributed by atoms with E-state index in [1.54, 1.807) is 6.08 Å². The molecule has 0 heterocycles. The molecule has 0 aromatic heterocycles. The lowest BCUT2D eigenvalue weighted by Crippen LogP contribution is -2.21. The van der Waals surface area contributed by atoms with Crippen LogP contribution in [0.25, 0.3) is 0 Å². The van der Waals surface area contributed by atoms with Gasteiger partial charge in [-0.25, -0.2) is 8.78 Å². The fourth-order valence-corrected chi connectivity index (χ4v) is 2.46. The van der Waals surface area contributed by atoms with E-state index in [0.29, 0.717) is 17.0 Å². The van der Waals surface area contributed by atoms with Gasteiger partial charge in [0, 0.05) is 18.8 Å². The van der Waals surface area contributed by atoms with Crippen molar-refractivity contribution in [1.82, 2.24) is 0 Å². The van der Waals surface area contributed by atoms with Gasteiger partial charge in [0.05, 0.1) is 4.99 Å². The van der Waals surface area contributed by atoms with Gasteiger partial charge in [0.25, 0.3) is 5.92 Å². The van der Waals surface area contributed by atoms with E-state index in [9.17, 15) is 8.78 Å². The first-order valence-electron chi connectivity index (χ1n) is 6.07. The molecule has 0 fully saturated rings. The molecule has 1 aliphatic carbocycles. The Bertz CT molecular complexity index is 520. The molecule has 4 heteroatoms. The monoisotopic (exact) mass is 279 g/mol. The van der Waals surface area contributed by atoms with Gasteiger partial charge in [0.2, 0.25) is 0 Å². The van der Waals surface area contributed by atoms with Gasteiger partial charge in [0.1, 0.15) is 0 Å². The number of allylic oxidation sites excluding steroid dienone is 4. The van der Waals surface area contributed by atoms with Crippen LogP contribution in [0.4, 0.5) is 8.78 Å². The number of rotatable bonds is 4. The van der Waals surface area contributed by atoms with Gasteiger partial charge in [0.15, 0.2) is 0 Å². The van der Waals surface area contributed by atoms with Crippen molar-refractivity contribution in [2.24, 2.45) is 5.73 Å². The number of alkyl halides is 2. The quantitative estimate of drug-likeness (QED) is 0.844. The zero-order valence-corrected chi connectivity index (χ0v) is 11.2. The normalized spacial score (nSPS) is 18.7. The van der Waals surface area contributed by atoms with Crippen LogP contribution in [-0.2, 0) is 0 Å². The predicted octanol–water partition coefficient (Wildman–Crippen LogP) is 3.97. The SMILES string of the molecule is NC(=S)CC(C1=CC=CC(F)(F)C1)c1ccccc1. The zero-order valence-electron chi connectivity index (χ0n) is 10.4. The first-order valence-corrected chi connectivity index (χ1v) is 6.48. The zero-order chi connectivity index (χ0) is 13.9. The lowest BCUT2D eigenvalue weighted by Gasteiger charge is -2.25. The smallest absolute Gasteiger partial charge is 0.270 e. The van der Waals surface area contributed by atoms with E-state index in [1.807, 2.05) is 30.3 Å². The molecule has 1 aromatic rings. The van der Waals surface area contributed by atoms with Gasteiger partial charge < -0.3 is 5.73 Å². The summed E-state index contributed by atoms with van der Waals surface area (Å²) in [6.07, 6.45) is 4.22. The Morgan fingerprint density at radius 1 is 1.32 bits per heavy atom. The number of halogens is 2. The van der Waals surface area contributed by atoms with Crippen molar-refractivity contribution in [2.45, 2.75) is 24.7 Å². The Morgan fingerprint density at radius 3 is 2.58 bits per heavy atom. The molecule has 1 unspecified atom stereocenters. The van der Waals surface area contributed by atoms with Gasteiger partial charge in [-0.2, -0.15) is 0 Å². The standard InChI is InChI=1S/C15H15F2NS/c16-15(17)8-4-7-12(10-15)13(9-14(18)19)11-5-2-1-3-6-11/h1-8,13H,9-10H2,(H2,18,19). The number of nitrogens with two attached hydrogens (primary N) is 1. The highest BCUT2D eigenvalue weighted by Gasteiger charge is 2.32. The van der Waals surface area contributed by atoms with Gasteiger partial charge in [-0.1, -0.05) is 60.3 Å². The fraction of sp³-hybridized carbons (Fsp3) is 0.267. The summed E-state index contributed by atoms with van der Waals surface area (Å²) in [7, 11) is 0. The number of thiocarbonyl (C=S) groups is 1. The van der Waals surface area contributed by atoms with E-state index >= 15 is 0 Å². The van der Waals surface area contributed by atoms with Crippen LogP contribution in [0.5, 0.6) is 0 Å². The van der Waals surface area contributed by atoms with Crippen molar-refractivity contribution < 1.29 is 8.78 Å². The summed E-state index contributed by atoms with van der Waals surface area (Å²) in [5.74, 6) is -2.96. The van der Waals surface area contributed by atoms with Crippen LogP contribution in [0.15, 0.2) is 54.1 Å². The molecule has 0 radical (unpaired) electrons. The summed E-state index contributed by atoms with van der Waals surface area (Å²) in [4.78, 5) is 0.340. The first-order chi connectivity index (χ1) is 8.98. The van der Waals surface area contributed by atoms with Crippen molar-refractivity contribution in [3.8, 4) is 0 Å². The van der Waals surface area contributed by atoms with E-state index in [1.165, 1.54) is 6.08 Å². The van der Waals surface area contributed by atoms with Gasteiger partial charge in [-0.05, 0) is 11.6 Å². The van der Waals surface area contributed by atoms with Crippen LogP contribution in [0.2, 0.25) is 0 Å². The van der Waals surface area contributed by atoms with Crippen molar-refractivity contribution in [1.29, 1.82) is 0 Å². The van der Waals surface area contributed by atoms with Crippen LogP contribution in [0, 0.1) is 0 Å². The molecule has 0 spiro atoms. The summed E-state index contributed by atoms with van der Waals surface area (Å²) in [6.45, 7) is 0. The van der Waals surface area contributed by atoms with E-state index in [4.69, 9.17) is 18.0 Å². The molecule has 0 saturated heterocycles. The number of hydrogen-bond donors (Lipinski definition) is 1. The highest BCUT2D eigenvalue weighted by Crippen LogP contribution is 2.38. The van der Waals surface area contributed by atoms with Crippen molar-refractivity contribution in [2.75, 3.05) is 0 Å². The highest BCUT2D eigenvalue weighted by molar-refractivity contribution is 7.80. The average molecular weight is 279 g/mol. The molecule has 1 nitrogen and oxygen atoms in total. The highest BCUT2D eigenvalue weighted by atomic mass is 32.1. The summed E-state index contributed by atoms with van der Waals surface area (Å²) >= 11 is 4.94. The molecule has 0 aliphatic heterocycles. The average Bonchev–Trinajstić information content (AvgIpc) is 2.35. The lowest BCUT2D eigenvalue weighted by atomic mass is 9.83. The molecule has 1 aliphatic rings. The summed E-state index contributed by atoms with van der Waals surface area (Å²) < 4.78 is 27.0. The maximum absolute atomic E-state index is 13.5. The van der Waals surface area contributed by atoms with Gasteiger partial charge in [-0.3, -0.25) is 0 Å². The second kappa shape index (κ2) is 5.61. The fourth-order valence-electron chi connectivity index (χ4n) is 2.29. The topological polar surface area (TPSA) is 26.0 Å². The first kappa shape index (κ1) is 13.9. The predicted molar refractivity (Wildman–Crippen MR) is 77.4 cm³/mol. The van der Waals surface area contributed by atoms with E-state index in [-0.39, 0.29) is 12.3 Å². The maximum Gasteiger partial charge on any atom is 0.270 e. The molecule has 0 amide bonds. The van der Waals surface area contributed by atoms with Crippen molar-refractivity contribution >= 4 is 17.2 Å². The Morgan fingerprint density at radius 2 is 2.00 bits per heavy atom. The Labute approximate surface area is 116 Å². The maximum atomic E-state index is 13.5. The summed E-state index contributed by atoms with van der Waals surface area (Å²) in [5, 5.41) is 0. The minimum atomic E-state index is -2.78. The molecular formula is C15H15F2NS. The van der Waals surface area contributed by atoms with Crippen LogP contribution < -0.4 is 5.73 Å². The third-order valence-electron chi connectivity index (χ3n) is 3.15. The van der Waals surface area contributed by atoms with E-state index in [2.05, 4.69) is 0 Å². The van der Waals surface area contributed by atoms with Crippen molar-refractivity contribution in [3.63, 3.8) is 0 Å². The molecule has 1 aromatic carbocycles. The van der Waals surface area contributed by atoms with Crippen LogP contribution in [0.3, 0.4) is 0 Å². The van der Waals surface area contributed by atoms with Crippen LogP contribution >= 0.6 is 12.2 Å². The molecule has 19 heavy (non-hydrogen) atoms. The lowest BCUT2D eigenvalue weighted by molar-refractivity contribution is 0.0528. The molecule has 2 N–H and O–H groups in total. The second-order valence-corrected chi connectivity index (χ2v) is 5.20.